The molecule has 5 N–H and O–H groups in total. The number of rotatable bonds is 19. The lowest BCUT2D eigenvalue weighted by Gasteiger charge is -2.30. The third-order valence-electron chi connectivity index (χ3n) is 7.22. The van der Waals surface area contributed by atoms with Crippen molar-refractivity contribution in [2.75, 3.05) is 44.6 Å². The zero-order valence-corrected chi connectivity index (χ0v) is 24.8. The Hall–Kier alpha value is -2.62. The summed E-state index contributed by atoms with van der Waals surface area (Å²) in [6.07, 6.45) is 3.05. The molecule has 3 atom stereocenters. The summed E-state index contributed by atoms with van der Waals surface area (Å²) >= 11 is 0. The van der Waals surface area contributed by atoms with Gasteiger partial charge in [-0.05, 0) is 62.6 Å². The number of ether oxygens (including phenoxy) is 3. The Balaban J connectivity index is 2.01. The van der Waals surface area contributed by atoms with Crippen molar-refractivity contribution in [2.45, 2.75) is 84.4 Å². The predicted molar refractivity (Wildman–Crippen MR) is 158 cm³/mol. The average Bonchev–Trinajstić information content (AvgIpc) is 2.89. The first-order valence-electron chi connectivity index (χ1n) is 14.0. The van der Waals surface area contributed by atoms with Gasteiger partial charge in [-0.25, -0.2) is 0 Å². The molecule has 2 rings (SSSR count). The van der Waals surface area contributed by atoms with Crippen LogP contribution in [0.3, 0.4) is 0 Å². The summed E-state index contributed by atoms with van der Waals surface area (Å²) in [5.41, 5.74) is 6.65. The summed E-state index contributed by atoms with van der Waals surface area (Å²) in [5.74, 6) is 1.92. The highest BCUT2D eigenvalue weighted by Crippen LogP contribution is 2.31. The molecule has 0 amide bonds. The zero-order chi connectivity index (χ0) is 29.2. The van der Waals surface area contributed by atoms with Crippen LogP contribution < -0.4 is 36.7 Å². The van der Waals surface area contributed by atoms with Crippen molar-refractivity contribution in [2.24, 2.45) is 17.6 Å². The summed E-state index contributed by atoms with van der Waals surface area (Å²) < 4.78 is 16.5. The fraction of sp³-hybridized carbons (Fsp3) is 0.667. The van der Waals surface area contributed by atoms with Crippen LogP contribution in [-0.4, -0.2) is 56.8 Å². The second-order valence-corrected chi connectivity index (χ2v) is 11.4. The van der Waals surface area contributed by atoms with Gasteiger partial charge in [0.05, 0.1) is 19.8 Å². The molecule has 0 saturated carbocycles. The molecule has 220 valence electrons. The predicted octanol–water partition coefficient (Wildman–Crippen LogP) is 3.70. The van der Waals surface area contributed by atoms with Gasteiger partial charge in [-0.3, -0.25) is 9.59 Å². The third-order valence-corrected chi connectivity index (χ3v) is 7.22. The monoisotopic (exact) mass is 547 g/mol. The van der Waals surface area contributed by atoms with Gasteiger partial charge < -0.3 is 35.7 Å². The maximum atomic E-state index is 12.2. The van der Waals surface area contributed by atoms with E-state index in [1.54, 1.807) is 14.2 Å². The zero-order valence-electron chi connectivity index (χ0n) is 24.8. The van der Waals surface area contributed by atoms with Gasteiger partial charge in [-0.15, -0.1) is 0 Å². The van der Waals surface area contributed by atoms with E-state index in [1.165, 1.54) is 0 Å². The van der Waals surface area contributed by atoms with Crippen LogP contribution in [0, 0.1) is 11.8 Å². The second kappa shape index (κ2) is 15.2. The van der Waals surface area contributed by atoms with Gasteiger partial charge in [0.1, 0.15) is 11.4 Å². The molecule has 2 aromatic rings. The number of hydrogen-bond donors (Lipinski definition) is 4. The molecule has 9 heteroatoms. The van der Waals surface area contributed by atoms with Crippen LogP contribution >= 0.6 is 0 Å². The molecule has 39 heavy (non-hydrogen) atoms. The van der Waals surface area contributed by atoms with Crippen LogP contribution in [0.5, 0.6) is 11.5 Å². The van der Waals surface area contributed by atoms with Crippen molar-refractivity contribution in [3.05, 3.63) is 44.2 Å². The van der Waals surface area contributed by atoms with Crippen molar-refractivity contribution in [3.8, 4) is 11.5 Å². The van der Waals surface area contributed by atoms with Gasteiger partial charge >= 0.3 is 0 Å². The maximum absolute atomic E-state index is 12.2. The smallest absolute Gasteiger partial charge is 0.253 e. The number of aliphatic hydroxyl groups excluding tert-OH is 1. The topological polar surface area (TPSA) is 132 Å². The van der Waals surface area contributed by atoms with E-state index >= 15 is 0 Å². The normalized spacial score (nSPS) is 14.3. The Morgan fingerprint density at radius 2 is 1.74 bits per heavy atom. The summed E-state index contributed by atoms with van der Waals surface area (Å²) in [7, 11) is 3.29. The highest BCUT2D eigenvalue weighted by Gasteiger charge is 2.28. The van der Waals surface area contributed by atoms with Crippen LogP contribution in [0.15, 0.2) is 27.8 Å². The number of anilines is 2. The number of hydrogen-bond acceptors (Lipinski definition) is 9. The van der Waals surface area contributed by atoms with E-state index in [4.69, 9.17) is 19.9 Å². The first-order valence-corrected chi connectivity index (χ1v) is 14.0. The van der Waals surface area contributed by atoms with Gasteiger partial charge in [-0.1, -0.05) is 33.3 Å². The molecule has 0 fully saturated rings. The number of aliphatic hydroxyl groups is 1. The number of methoxy groups -OCH3 is 2. The van der Waals surface area contributed by atoms with Gasteiger partial charge in [0.2, 0.25) is 0 Å². The SMILES string of the molecule is CCCC(C)(C)Nc1c(NC[C@H](O)[C@@H](N)C[C@H](Cc2ccc(OC)c(OCCCOC)c2)C(C)C)c(=O)c1=O. The van der Waals surface area contributed by atoms with E-state index in [0.717, 1.165) is 31.2 Å². The largest absolute Gasteiger partial charge is 0.493 e. The van der Waals surface area contributed by atoms with E-state index in [9.17, 15) is 14.7 Å². The molecule has 2 aromatic carbocycles. The molecule has 0 spiro atoms. The first-order chi connectivity index (χ1) is 18.4. The van der Waals surface area contributed by atoms with Gasteiger partial charge in [0.15, 0.2) is 11.5 Å². The Bertz CT molecular complexity index is 1090. The van der Waals surface area contributed by atoms with Crippen molar-refractivity contribution in [1.82, 2.24) is 0 Å². The van der Waals surface area contributed by atoms with Crippen molar-refractivity contribution in [1.29, 1.82) is 0 Å². The molecule has 0 unspecified atom stereocenters. The number of nitrogens with two attached hydrogens (primary N) is 1. The lowest BCUT2D eigenvalue weighted by atomic mass is 9.83. The molecular formula is C30H49N3O6. The van der Waals surface area contributed by atoms with E-state index in [0.29, 0.717) is 42.7 Å². The Morgan fingerprint density at radius 1 is 1.05 bits per heavy atom. The molecule has 0 aliphatic rings. The summed E-state index contributed by atoms with van der Waals surface area (Å²) in [6.45, 7) is 11.6. The summed E-state index contributed by atoms with van der Waals surface area (Å²) in [5, 5.41) is 17.0. The van der Waals surface area contributed by atoms with E-state index < -0.39 is 23.0 Å². The Morgan fingerprint density at radius 3 is 2.36 bits per heavy atom. The Kier molecular flexibility index (Phi) is 12.7. The van der Waals surface area contributed by atoms with Gasteiger partial charge in [0, 0.05) is 38.3 Å². The second-order valence-electron chi connectivity index (χ2n) is 11.4. The maximum Gasteiger partial charge on any atom is 0.253 e. The molecular weight excluding hydrogens is 498 g/mol. The lowest BCUT2D eigenvalue weighted by molar-refractivity contribution is 0.137. The van der Waals surface area contributed by atoms with Crippen LogP contribution in [0.2, 0.25) is 0 Å². The van der Waals surface area contributed by atoms with Crippen molar-refractivity contribution < 1.29 is 19.3 Å². The van der Waals surface area contributed by atoms with Crippen LogP contribution in [0.25, 0.3) is 0 Å². The highest BCUT2D eigenvalue weighted by atomic mass is 16.5. The van der Waals surface area contributed by atoms with Crippen LogP contribution in [-0.2, 0) is 11.2 Å². The third kappa shape index (κ3) is 9.51. The van der Waals surface area contributed by atoms with Gasteiger partial charge in [-0.2, -0.15) is 0 Å². The Labute approximate surface area is 233 Å². The van der Waals surface area contributed by atoms with E-state index in [2.05, 4.69) is 31.4 Å². The molecule has 0 saturated heterocycles. The van der Waals surface area contributed by atoms with Crippen LogP contribution in [0.4, 0.5) is 11.4 Å². The summed E-state index contributed by atoms with van der Waals surface area (Å²) in [4.78, 5) is 24.4. The van der Waals surface area contributed by atoms with E-state index in [-0.39, 0.29) is 23.7 Å². The minimum absolute atomic E-state index is 0.0850. The first kappa shape index (κ1) is 32.6. The average molecular weight is 548 g/mol. The quantitative estimate of drug-likeness (QED) is 0.153. The fourth-order valence-electron chi connectivity index (χ4n) is 4.81. The minimum Gasteiger partial charge on any atom is -0.493 e. The van der Waals surface area contributed by atoms with Crippen LogP contribution in [0.1, 0.15) is 65.9 Å². The molecule has 0 aromatic heterocycles. The highest BCUT2D eigenvalue weighted by molar-refractivity contribution is 5.74. The summed E-state index contributed by atoms with van der Waals surface area (Å²) in [6, 6.07) is 5.44. The molecule has 0 radical (unpaired) electrons. The molecule has 0 aliphatic heterocycles. The molecule has 9 nitrogen and oxygen atoms in total. The minimum atomic E-state index is -0.886. The number of benzene rings is 1. The lowest BCUT2D eigenvalue weighted by Crippen LogP contribution is -2.46. The van der Waals surface area contributed by atoms with Crippen molar-refractivity contribution >= 4 is 11.4 Å². The fourth-order valence-corrected chi connectivity index (χ4v) is 4.81. The van der Waals surface area contributed by atoms with Crippen molar-refractivity contribution in [3.63, 3.8) is 0 Å². The molecule has 0 aliphatic carbocycles. The standard InChI is InChI=1S/C30H49N3O6/c1-8-12-30(4,5)33-27-26(28(35)29(27)36)32-18-23(34)22(31)17-21(19(2)3)15-20-10-11-24(38-7)25(16-20)39-14-9-13-37-6/h10-11,16,19,21-23,32-34H,8-9,12-15,17-18,31H2,1-7H3/t21-,22-,23-/m0/s1. The van der Waals surface area contributed by atoms with E-state index in [1.807, 2.05) is 32.0 Å². The molecule has 0 bridgehead atoms. The molecule has 0 heterocycles. The number of nitrogens with one attached hydrogen (secondary N) is 2. The van der Waals surface area contributed by atoms with Gasteiger partial charge in [0.25, 0.3) is 10.9 Å².